The first-order valence-electron chi connectivity index (χ1n) is 11.9. The van der Waals surface area contributed by atoms with Gasteiger partial charge in [-0.15, -0.1) is 0 Å². The van der Waals surface area contributed by atoms with Crippen molar-refractivity contribution in [1.82, 2.24) is 0 Å². The number of anilines is 2. The van der Waals surface area contributed by atoms with Crippen molar-refractivity contribution >= 4 is 34.3 Å². The second-order valence-electron chi connectivity index (χ2n) is 8.58. The van der Waals surface area contributed by atoms with E-state index in [1.807, 2.05) is 121 Å². The van der Waals surface area contributed by atoms with E-state index in [9.17, 15) is 0 Å². The quantitative estimate of drug-likeness (QED) is 0.181. The first-order valence-corrected chi connectivity index (χ1v) is 11.9. The van der Waals surface area contributed by atoms with E-state index in [2.05, 4.69) is 29.4 Å². The third-order valence-electron chi connectivity index (χ3n) is 5.95. The molecule has 0 fully saturated rings. The molecule has 178 valence electrons. The summed E-state index contributed by atoms with van der Waals surface area (Å²) in [5.41, 5.74) is 5.91. The number of hydrogen-bond donors (Lipinski definition) is 0. The van der Waals surface area contributed by atoms with Crippen molar-refractivity contribution in [3.63, 3.8) is 0 Å². The molecule has 5 nitrogen and oxygen atoms in total. The van der Waals surface area contributed by atoms with Gasteiger partial charge in [-0.2, -0.15) is 10.2 Å². The third-order valence-corrected chi connectivity index (χ3v) is 5.95. The second kappa shape index (κ2) is 10.7. The summed E-state index contributed by atoms with van der Waals surface area (Å²) in [5, 5.41) is 14.3. The first kappa shape index (κ1) is 23.1. The fraction of sp³-hybridized carbons (Fsp3) is 0.0968. The number of benzene rings is 4. The monoisotopic (exact) mass is 472 g/mol. The van der Waals surface area contributed by atoms with Crippen molar-refractivity contribution in [3.8, 4) is 0 Å². The molecule has 0 aliphatic carbocycles. The van der Waals surface area contributed by atoms with E-state index in [1.165, 1.54) is 5.56 Å². The summed E-state index contributed by atoms with van der Waals surface area (Å²) < 4.78 is 6.28. The molecule has 0 bridgehead atoms. The maximum absolute atomic E-state index is 6.28. The normalized spacial score (nSPS) is 11.8. The average Bonchev–Trinajstić information content (AvgIpc) is 3.36. The van der Waals surface area contributed by atoms with Gasteiger partial charge in [0, 0.05) is 25.9 Å². The number of hydrogen-bond acceptors (Lipinski definition) is 5. The van der Waals surface area contributed by atoms with Gasteiger partial charge >= 0.3 is 0 Å². The van der Waals surface area contributed by atoms with Gasteiger partial charge in [-0.1, -0.05) is 66.7 Å². The first-order chi connectivity index (χ1) is 17.7. The van der Waals surface area contributed by atoms with Crippen molar-refractivity contribution < 1.29 is 4.42 Å². The van der Waals surface area contributed by atoms with Gasteiger partial charge < -0.3 is 4.42 Å². The molecule has 0 aliphatic heterocycles. The fourth-order valence-electron chi connectivity index (χ4n) is 3.99. The van der Waals surface area contributed by atoms with Gasteiger partial charge in [0.15, 0.2) is 5.76 Å². The highest BCUT2D eigenvalue weighted by molar-refractivity contribution is 6.03. The second-order valence-corrected chi connectivity index (χ2v) is 8.58. The van der Waals surface area contributed by atoms with E-state index in [4.69, 9.17) is 9.52 Å². The van der Waals surface area contributed by atoms with Crippen molar-refractivity contribution in [2.45, 2.75) is 6.42 Å². The van der Waals surface area contributed by atoms with Crippen LogP contribution in [0.5, 0.6) is 0 Å². The van der Waals surface area contributed by atoms with Crippen molar-refractivity contribution in [2.24, 2.45) is 10.2 Å². The van der Waals surface area contributed by atoms with Crippen LogP contribution in [0.2, 0.25) is 0 Å². The topological polar surface area (TPSA) is 44.3 Å². The Balaban J connectivity index is 1.45. The molecule has 0 spiro atoms. The minimum atomic E-state index is 0.661. The van der Waals surface area contributed by atoms with E-state index in [0.29, 0.717) is 6.42 Å². The Bertz CT molecular complexity index is 1470. The molecule has 4 aromatic carbocycles. The van der Waals surface area contributed by atoms with Crippen LogP contribution in [0, 0.1) is 0 Å². The van der Waals surface area contributed by atoms with E-state index in [-0.39, 0.29) is 0 Å². The number of para-hydroxylation sites is 2. The van der Waals surface area contributed by atoms with Crippen LogP contribution < -0.4 is 10.0 Å². The van der Waals surface area contributed by atoms with E-state index in [1.54, 1.807) is 0 Å². The molecule has 0 saturated heterocycles. The Morgan fingerprint density at radius 2 is 1.33 bits per heavy atom. The molecule has 0 aliphatic rings. The lowest BCUT2D eigenvalue weighted by Gasteiger charge is -2.15. The van der Waals surface area contributed by atoms with Crippen LogP contribution in [0.25, 0.3) is 11.0 Å². The van der Waals surface area contributed by atoms with Crippen molar-refractivity contribution in [1.29, 1.82) is 0 Å². The largest absolute Gasteiger partial charge is 0.455 e. The van der Waals surface area contributed by atoms with Gasteiger partial charge in [0.05, 0.1) is 17.6 Å². The lowest BCUT2D eigenvalue weighted by atomic mass is 10.1. The molecule has 0 atom stereocenters. The standard InChI is InChI=1S/C31H28N4O/c1-34(27-14-8-4-9-15-27)32-23-25-18-19-30-26(20-25)22-31(36-30)29(21-24-12-6-3-7-13-24)33-35(2)28-16-10-5-11-17-28/h3-20,22-23H,21H2,1-2H3. The zero-order chi connectivity index (χ0) is 24.7. The Kier molecular flexibility index (Phi) is 6.90. The van der Waals surface area contributed by atoms with Crippen molar-refractivity contribution in [3.05, 3.63) is 132 Å². The molecule has 0 saturated carbocycles. The van der Waals surface area contributed by atoms with Crippen LogP contribution in [-0.2, 0) is 6.42 Å². The Hall–Kier alpha value is -4.64. The Morgan fingerprint density at radius 3 is 2.00 bits per heavy atom. The maximum atomic E-state index is 6.28. The van der Waals surface area contributed by atoms with E-state index in [0.717, 1.165) is 39.4 Å². The molecule has 0 radical (unpaired) electrons. The molecule has 1 heterocycles. The van der Waals surface area contributed by atoms with Gasteiger partial charge in [-0.25, -0.2) is 0 Å². The summed E-state index contributed by atoms with van der Waals surface area (Å²) in [5.74, 6) is 0.757. The van der Waals surface area contributed by atoms with Gasteiger partial charge in [0.25, 0.3) is 0 Å². The minimum absolute atomic E-state index is 0.661. The van der Waals surface area contributed by atoms with Crippen LogP contribution in [0.4, 0.5) is 11.4 Å². The Labute approximate surface area is 211 Å². The molecular formula is C31H28N4O. The molecule has 0 N–H and O–H groups in total. The molecule has 36 heavy (non-hydrogen) atoms. The summed E-state index contributed by atoms with van der Waals surface area (Å²) >= 11 is 0. The average molecular weight is 473 g/mol. The van der Waals surface area contributed by atoms with E-state index < -0.39 is 0 Å². The SMILES string of the molecule is CN(N=Cc1ccc2oc(C(Cc3ccccc3)=NN(C)c3ccccc3)cc2c1)c1ccccc1. The van der Waals surface area contributed by atoms with Crippen LogP contribution in [-0.4, -0.2) is 26.0 Å². The van der Waals surface area contributed by atoms with Gasteiger partial charge in [0.2, 0.25) is 0 Å². The zero-order valence-corrected chi connectivity index (χ0v) is 20.5. The smallest absolute Gasteiger partial charge is 0.151 e. The van der Waals surface area contributed by atoms with Crippen LogP contribution in [0.1, 0.15) is 16.9 Å². The molecule has 5 heteroatoms. The van der Waals surface area contributed by atoms with Gasteiger partial charge in [-0.3, -0.25) is 10.0 Å². The minimum Gasteiger partial charge on any atom is -0.455 e. The molecule has 5 aromatic rings. The third kappa shape index (κ3) is 5.53. The number of fused-ring (bicyclic) bond motifs is 1. The lowest BCUT2D eigenvalue weighted by molar-refractivity contribution is 0.602. The summed E-state index contributed by atoms with van der Waals surface area (Å²) in [6.45, 7) is 0. The van der Waals surface area contributed by atoms with Crippen LogP contribution in [0.3, 0.4) is 0 Å². The fourth-order valence-corrected chi connectivity index (χ4v) is 3.99. The summed E-state index contributed by atoms with van der Waals surface area (Å²) in [6, 6.07) is 38.7. The summed E-state index contributed by atoms with van der Waals surface area (Å²) in [7, 11) is 3.90. The highest BCUT2D eigenvalue weighted by atomic mass is 16.3. The maximum Gasteiger partial charge on any atom is 0.151 e. The molecular weight excluding hydrogens is 444 g/mol. The van der Waals surface area contributed by atoms with Crippen LogP contribution in [0.15, 0.2) is 130 Å². The highest BCUT2D eigenvalue weighted by Crippen LogP contribution is 2.23. The number of rotatable bonds is 8. The summed E-state index contributed by atoms with van der Waals surface area (Å²) in [4.78, 5) is 0. The van der Waals surface area contributed by atoms with Crippen LogP contribution >= 0.6 is 0 Å². The zero-order valence-electron chi connectivity index (χ0n) is 20.5. The number of furan rings is 1. The highest BCUT2D eigenvalue weighted by Gasteiger charge is 2.14. The summed E-state index contributed by atoms with van der Waals surface area (Å²) in [6.07, 6.45) is 2.52. The van der Waals surface area contributed by atoms with Crippen molar-refractivity contribution in [2.75, 3.05) is 24.1 Å². The molecule has 0 unspecified atom stereocenters. The number of nitrogens with zero attached hydrogens (tertiary/aromatic N) is 4. The molecule has 0 amide bonds. The molecule has 5 rings (SSSR count). The predicted octanol–water partition coefficient (Wildman–Crippen LogP) is 6.99. The predicted molar refractivity (Wildman–Crippen MR) is 150 cm³/mol. The lowest BCUT2D eigenvalue weighted by Crippen LogP contribution is -2.15. The van der Waals surface area contributed by atoms with E-state index >= 15 is 0 Å². The van der Waals surface area contributed by atoms with Gasteiger partial charge in [-0.05, 0) is 59.7 Å². The Morgan fingerprint density at radius 1 is 0.722 bits per heavy atom. The van der Waals surface area contributed by atoms with Gasteiger partial charge in [0.1, 0.15) is 11.3 Å². The molecule has 1 aromatic heterocycles. The number of hydrazone groups is 2.